The summed E-state index contributed by atoms with van der Waals surface area (Å²) >= 11 is 1.96. The number of nitrogens with zero attached hydrogens (tertiary/aromatic N) is 5. The number of benzene rings is 13. The monoisotopic (exact) mass is 1620 g/mol. The van der Waals surface area contributed by atoms with E-state index >= 15 is 0 Å². The first-order chi connectivity index (χ1) is 57.2. The quantitative estimate of drug-likeness (QED) is 0.126. The molecule has 5 nitrogen and oxygen atoms in total. The van der Waals surface area contributed by atoms with Crippen molar-refractivity contribution in [2.45, 2.75) is 245 Å². The van der Waals surface area contributed by atoms with Crippen molar-refractivity contribution in [2.24, 2.45) is 0 Å². The van der Waals surface area contributed by atoms with Crippen molar-refractivity contribution in [2.75, 3.05) is 24.5 Å². The number of hydrogen-bond donors (Lipinski definition) is 0. The lowest BCUT2D eigenvalue weighted by molar-refractivity contribution is 0.590. The Labute approximate surface area is 736 Å². The van der Waals surface area contributed by atoms with Crippen LogP contribution in [0.5, 0.6) is 0 Å². The van der Waals surface area contributed by atoms with Crippen LogP contribution in [0.2, 0.25) is 0 Å². The summed E-state index contributed by atoms with van der Waals surface area (Å²) in [5.74, 6) is 0. The van der Waals surface area contributed by atoms with Crippen LogP contribution < -0.4 is 57.3 Å². The molecule has 8 heteroatoms. The van der Waals surface area contributed by atoms with Crippen molar-refractivity contribution in [3.63, 3.8) is 0 Å². The number of anilines is 15. The average molecular weight is 1620 g/mol. The molecule has 13 aromatic rings. The fourth-order valence-corrected chi connectivity index (χ4v) is 20.1. The van der Waals surface area contributed by atoms with Gasteiger partial charge in [-0.1, -0.05) is 350 Å². The highest BCUT2D eigenvalue weighted by Crippen LogP contribution is 2.54. The van der Waals surface area contributed by atoms with Crippen LogP contribution in [0.4, 0.5) is 85.3 Å². The van der Waals surface area contributed by atoms with E-state index < -0.39 is 0 Å². The van der Waals surface area contributed by atoms with Gasteiger partial charge >= 0.3 is 0 Å². The van der Waals surface area contributed by atoms with E-state index in [1.165, 1.54) is 121 Å². The average Bonchev–Trinajstić information content (AvgIpc) is 0.696. The summed E-state index contributed by atoms with van der Waals surface area (Å²) < 4.78 is 0. The molecule has 618 valence electrons. The van der Waals surface area contributed by atoms with Gasteiger partial charge < -0.3 is 24.5 Å². The van der Waals surface area contributed by atoms with Crippen LogP contribution >= 0.6 is 11.8 Å². The maximum Gasteiger partial charge on any atom is 0.252 e. The van der Waals surface area contributed by atoms with Crippen molar-refractivity contribution in [3.05, 3.63) is 317 Å². The highest BCUT2D eigenvalue weighted by atomic mass is 32.2. The molecule has 0 bridgehead atoms. The minimum atomic E-state index is -0.241. The third kappa shape index (κ3) is 15.2. The van der Waals surface area contributed by atoms with Gasteiger partial charge in [-0.25, -0.2) is 0 Å². The van der Waals surface area contributed by atoms with Gasteiger partial charge in [0.05, 0.1) is 11.4 Å². The maximum atomic E-state index is 2.74. The van der Waals surface area contributed by atoms with Crippen molar-refractivity contribution < 1.29 is 0 Å². The van der Waals surface area contributed by atoms with Crippen molar-refractivity contribution in [3.8, 4) is 11.1 Å². The van der Waals surface area contributed by atoms with Crippen LogP contribution in [0.3, 0.4) is 0 Å². The first-order valence-electron chi connectivity index (χ1n) is 44.5. The fraction of sp³-hybridized carbons (Fsp3) is 0.316. The van der Waals surface area contributed by atoms with Crippen LogP contribution in [-0.2, 0) is 48.7 Å². The van der Waals surface area contributed by atoms with Gasteiger partial charge in [-0.05, 0) is 253 Å². The molecule has 0 fully saturated rings. The van der Waals surface area contributed by atoms with Gasteiger partial charge in [0.15, 0.2) is 0 Å². The summed E-state index contributed by atoms with van der Waals surface area (Å²) in [6.45, 7) is 62.6. The first kappa shape index (κ1) is 83.6. The molecule has 0 spiro atoms. The van der Waals surface area contributed by atoms with Gasteiger partial charge in [0.2, 0.25) is 6.71 Å². The van der Waals surface area contributed by atoms with E-state index in [1.54, 1.807) is 0 Å². The Hall–Kier alpha value is -10.7. The highest BCUT2D eigenvalue weighted by Gasteiger charge is 2.49. The molecule has 0 saturated carbocycles. The number of para-hydroxylation sites is 1. The molecule has 0 aromatic heterocycles. The van der Waals surface area contributed by atoms with Crippen LogP contribution in [0.25, 0.3) is 11.1 Å². The van der Waals surface area contributed by atoms with Gasteiger partial charge in [-0.15, -0.1) is 0 Å². The van der Waals surface area contributed by atoms with Gasteiger partial charge in [-0.2, -0.15) is 0 Å². The second-order valence-corrected chi connectivity index (χ2v) is 45.6. The largest absolute Gasteiger partial charge is 0.311 e. The van der Waals surface area contributed by atoms with Gasteiger partial charge in [0.25, 0.3) is 6.71 Å². The molecule has 0 amide bonds. The Balaban J connectivity index is 1.01. The van der Waals surface area contributed by atoms with Crippen molar-refractivity contribution in [1.82, 2.24) is 0 Å². The molecule has 0 saturated heterocycles. The van der Waals surface area contributed by atoms with Crippen LogP contribution in [0.1, 0.15) is 237 Å². The standard InChI is InChI=1S/C114H125B2N5S/c1-106(2,3)73-34-32-72(33-35-73)90-30-28-29-31-95(90)121-98-71-102-94(116-92-65-81(114(25,26)27)49-63-97(92)120(87-60-46-79(47-61-87)112(19,20)21)101-68-89(69-103(122-102)105(101)116)118(84-54-40-76(41-55-84)109(10,11)12)85-56-42-77(43-57-85)110(13,14)15)70-93(98)115-91-64-80(113(22,23)24)48-62-96(91)119(86-58-44-78(45-59-86)111(16,17)18)99-66-88(67-100(121)104(99)115)117(82-50-36-74(37-51-82)107(4,5)6)83-52-38-75(39-53-83)108(7,8)9/h28-71H,1-27H3. The van der Waals surface area contributed by atoms with E-state index in [2.05, 4.69) is 478 Å². The zero-order valence-electron chi connectivity index (χ0n) is 77.7. The molecule has 17 rings (SSSR count). The third-order valence-electron chi connectivity index (χ3n) is 26.3. The number of fused-ring (bicyclic) bond motifs is 8. The lowest BCUT2D eigenvalue weighted by atomic mass is 9.30. The normalized spacial score (nSPS) is 14.1. The summed E-state index contributed by atoms with van der Waals surface area (Å²) in [6.07, 6.45) is 0. The Morgan fingerprint density at radius 3 is 0.869 bits per heavy atom. The predicted octanol–water partition coefficient (Wildman–Crippen LogP) is 28.8. The summed E-state index contributed by atoms with van der Waals surface area (Å²) in [5, 5.41) is 0. The SMILES string of the molecule is CC(C)(C)c1ccc(-c2ccccc2N2c3cc4c(cc3B3c5cc(C(C)(C)C)ccc5N(c5ccc(C(C)(C)C)cc5)c5cc(N(c6ccc(C(C)(C)C)cc6)c6ccc(C(C)(C)C)cc6)cc2c53)B2c3cc(C(C)(C)C)ccc3N(c3ccc(C(C)(C)C)cc3)c3cc(N(c5ccc(C(C)(C)C)cc5)c5ccc(C(C)(C)C)cc5)cc(c32)S4)cc1. The summed E-state index contributed by atoms with van der Waals surface area (Å²) in [5.41, 5.74) is 38.1. The smallest absolute Gasteiger partial charge is 0.252 e. The Morgan fingerprint density at radius 2 is 0.508 bits per heavy atom. The molecular formula is C114H125B2N5S. The molecule has 0 aliphatic carbocycles. The number of rotatable bonds is 10. The molecule has 0 radical (unpaired) electrons. The molecule has 13 aromatic carbocycles. The zero-order chi connectivity index (χ0) is 87.0. The van der Waals surface area contributed by atoms with E-state index in [1.807, 2.05) is 11.8 Å². The molecule has 4 aliphatic rings. The van der Waals surface area contributed by atoms with Crippen molar-refractivity contribution >= 4 is 143 Å². The van der Waals surface area contributed by atoms with Gasteiger partial charge in [-0.3, -0.25) is 0 Å². The molecule has 0 N–H and O–H groups in total. The van der Waals surface area contributed by atoms with E-state index in [0.29, 0.717) is 0 Å². The fourth-order valence-electron chi connectivity index (χ4n) is 18.8. The predicted molar refractivity (Wildman–Crippen MR) is 533 cm³/mol. The Kier molecular flexibility index (Phi) is 20.2. The minimum absolute atomic E-state index is 0.0373. The Bertz CT molecular complexity index is 6080. The minimum Gasteiger partial charge on any atom is -0.311 e. The first-order valence-corrected chi connectivity index (χ1v) is 45.3. The number of hydrogen-bond acceptors (Lipinski definition) is 6. The lowest BCUT2D eigenvalue weighted by Gasteiger charge is -2.46. The third-order valence-corrected chi connectivity index (χ3v) is 27.5. The van der Waals surface area contributed by atoms with Gasteiger partial charge in [0.1, 0.15) is 0 Å². The summed E-state index contributed by atoms with van der Waals surface area (Å²) in [4.78, 5) is 15.5. The highest BCUT2D eigenvalue weighted by molar-refractivity contribution is 8.00. The lowest BCUT2D eigenvalue weighted by Crippen LogP contribution is -2.64. The Morgan fingerprint density at radius 1 is 0.213 bits per heavy atom. The zero-order valence-corrected chi connectivity index (χ0v) is 78.5. The van der Waals surface area contributed by atoms with Crippen molar-refractivity contribution in [1.29, 1.82) is 0 Å². The maximum absolute atomic E-state index is 2.74. The van der Waals surface area contributed by atoms with E-state index in [4.69, 9.17) is 0 Å². The molecular weight excluding hydrogens is 1490 g/mol. The molecule has 122 heavy (non-hydrogen) atoms. The van der Waals surface area contributed by atoms with Crippen LogP contribution in [-0.4, -0.2) is 13.4 Å². The van der Waals surface area contributed by atoms with E-state index in [-0.39, 0.29) is 62.2 Å². The summed E-state index contributed by atoms with van der Waals surface area (Å²) in [7, 11) is 0. The molecule has 4 heterocycles. The van der Waals surface area contributed by atoms with E-state index in [0.717, 1.165) is 68.1 Å². The second kappa shape index (κ2) is 29.5. The van der Waals surface area contributed by atoms with E-state index in [9.17, 15) is 0 Å². The molecule has 0 atom stereocenters. The van der Waals surface area contributed by atoms with Crippen LogP contribution in [0.15, 0.2) is 277 Å². The summed E-state index contributed by atoms with van der Waals surface area (Å²) in [6, 6.07) is 106. The topological polar surface area (TPSA) is 16.2 Å². The van der Waals surface area contributed by atoms with Crippen LogP contribution in [0, 0.1) is 0 Å². The second-order valence-electron chi connectivity index (χ2n) is 44.5. The molecule has 4 aliphatic heterocycles. The molecule has 0 unspecified atom stereocenters. The van der Waals surface area contributed by atoms with Gasteiger partial charge in [0, 0.05) is 89.3 Å².